The smallest absolute Gasteiger partial charge is 0.234 e. The Morgan fingerprint density at radius 2 is 2.20 bits per heavy atom. The van der Waals surface area contributed by atoms with Gasteiger partial charge in [-0.3, -0.25) is 9.69 Å². The van der Waals surface area contributed by atoms with Gasteiger partial charge in [0.15, 0.2) is 0 Å². The first-order valence-electron chi connectivity index (χ1n) is 9.68. The van der Waals surface area contributed by atoms with E-state index in [1.54, 1.807) is 0 Å². The van der Waals surface area contributed by atoms with Gasteiger partial charge in [-0.1, -0.05) is 11.6 Å². The van der Waals surface area contributed by atoms with Crippen LogP contribution < -0.4 is 5.32 Å². The van der Waals surface area contributed by atoms with Crippen molar-refractivity contribution in [3.63, 3.8) is 0 Å². The van der Waals surface area contributed by atoms with Gasteiger partial charge in [-0.15, -0.1) is 0 Å². The molecule has 1 N–H and O–H groups in total. The summed E-state index contributed by atoms with van der Waals surface area (Å²) < 4.78 is 1.98. The van der Waals surface area contributed by atoms with Crippen LogP contribution in [0.2, 0.25) is 0 Å². The molecule has 0 unspecified atom stereocenters. The number of rotatable bonds is 7. The van der Waals surface area contributed by atoms with Crippen molar-refractivity contribution >= 4 is 5.91 Å². The van der Waals surface area contributed by atoms with Crippen LogP contribution in [0.5, 0.6) is 0 Å². The molecule has 1 fully saturated rings. The van der Waals surface area contributed by atoms with E-state index in [-0.39, 0.29) is 5.91 Å². The number of likely N-dealkylation sites (tertiary alicyclic amines) is 1. The lowest BCUT2D eigenvalue weighted by Crippen LogP contribution is -2.41. The zero-order chi connectivity index (χ0) is 17.6. The fourth-order valence-electron chi connectivity index (χ4n) is 3.98. The van der Waals surface area contributed by atoms with Crippen LogP contribution in [0, 0.1) is 13.8 Å². The largest absolute Gasteiger partial charge is 0.355 e. The molecule has 25 heavy (non-hydrogen) atoms. The molecule has 1 amide bonds. The van der Waals surface area contributed by atoms with E-state index in [1.165, 1.54) is 31.3 Å². The monoisotopic (exact) mass is 345 g/mol. The quantitative estimate of drug-likeness (QED) is 0.771. The van der Waals surface area contributed by atoms with E-state index in [0.29, 0.717) is 12.6 Å². The highest BCUT2D eigenvalue weighted by Crippen LogP contribution is 2.20. The molecule has 0 saturated carbocycles. The highest BCUT2D eigenvalue weighted by Gasteiger charge is 2.27. The maximum absolute atomic E-state index is 12.3. The molecule has 2 aliphatic rings. The highest BCUT2D eigenvalue weighted by atomic mass is 16.2. The van der Waals surface area contributed by atoms with Crippen LogP contribution in [0.1, 0.15) is 56.6 Å². The number of carbonyl (C=O) groups is 1. The normalized spacial score (nSPS) is 21.4. The molecule has 1 atom stereocenters. The third-order valence-electron chi connectivity index (χ3n) is 5.35. The number of aryl methyl sites for hydroxylation is 2. The molecule has 1 aliphatic heterocycles. The van der Waals surface area contributed by atoms with Gasteiger partial charge in [0, 0.05) is 12.6 Å². The van der Waals surface area contributed by atoms with Crippen molar-refractivity contribution in [2.75, 3.05) is 19.6 Å². The number of nitrogens with one attached hydrogen (secondary N) is 1. The molecular weight excluding hydrogens is 314 g/mol. The predicted molar refractivity (Wildman–Crippen MR) is 98.3 cm³/mol. The molecule has 0 aromatic carbocycles. The zero-order valence-electron chi connectivity index (χ0n) is 15.6. The Hall–Kier alpha value is -1.69. The van der Waals surface area contributed by atoms with Crippen LogP contribution in [0.3, 0.4) is 0 Å². The van der Waals surface area contributed by atoms with Gasteiger partial charge in [0.05, 0.1) is 13.1 Å². The average Bonchev–Trinajstić information content (AvgIpc) is 3.15. The summed E-state index contributed by atoms with van der Waals surface area (Å²) in [6.45, 7) is 7.00. The number of hydrogen-bond donors (Lipinski definition) is 1. The van der Waals surface area contributed by atoms with Gasteiger partial charge >= 0.3 is 0 Å². The Morgan fingerprint density at radius 1 is 1.32 bits per heavy atom. The molecule has 6 heteroatoms. The first kappa shape index (κ1) is 18.1. The van der Waals surface area contributed by atoms with Gasteiger partial charge in [-0.25, -0.2) is 9.67 Å². The van der Waals surface area contributed by atoms with Gasteiger partial charge in [0.2, 0.25) is 5.91 Å². The summed E-state index contributed by atoms with van der Waals surface area (Å²) in [6.07, 6.45) is 10.7. The van der Waals surface area contributed by atoms with Crippen LogP contribution in [0.25, 0.3) is 0 Å². The van der Waals surface area contributed by atoms with Crippen molar-refractivity contribution in [2.24, 2.45) is 0 Å². The number of hydrogen-bond acceptors (Lipinski definition) is 4. The second-order valence-corrected chi connectivity index (χ2v) is 7.36. The third kappa shape index (κ3) is 5.14. The van der Waals surface area contributed by atoms with Gasteiger partial charge < -0.3 is 5.32 Å². The Labute approximate surface area is 150 Å². The molecular formula is C19H31N5O. The zero-order valence-corrected chi connectivity index (χ0v) is 15.6. The average molecular weight is 345 g/mol. The first-order valence-corrected chi connectivity index (χ1v) is 9.68. The molecule has 3 rings (SSSR count). The summed E-state index contributed by atoms with van der Waals surface area (Å²) in [5.74, 6) is 1.92. The molecule has 0 bridgehead atoms. The Bertz CT molecular complexity index is 621. The minimum absolute atomic E-state index is 0.148. The van der Waals surface area contributed by atoms with E-state index in [0.717, 1.165) is 50.5 Å². The summed E-state index contributed by atoms with van der Waals surface area (Å²) in [5.41, 5.74) is 1.52. The predicted octanol–water partition coefficient (Wildman–Crippen LogP) is 2.37. The topological polar surface area (TPSA) is 63.1 Å². The maximum Gasteiger partial charge on any atom is 0.234 e. The van der Waals surface area contributed by atoms with E-state index < -0.39 is 0 Å². The molecule has 138 valence electrons. The molecule has 0 radical (unpaired) electrons. The van der Waals surface area contributed by atoms with Crippen molar-refractivity contribution in [1.82, 2.24) is 25.0 Å². The SMILES string of the molecule is Cc1nc(C)n(C[C@H]2CCCN2CC(=O)NCCC2=CCCCC2)n1. The summed E-state index contributed by atoms with van der Waals surface area (Å²) >= 11 is 0. The standard InChI is InChI=1S/C19H31N5O/c1-15-21-16(2)24(22-15)13-18-9-6-12-23(18)14-19(25)20-11-10-17-7-4-3-5-8-17/h7,18H,3-6,8-14H2,1-2H3,(H,20,25)/t18-/m1/s1. The number of nitrogens with zero attached hydrogens (tertiary/aromatic N) is 4. The van der Waals surface area contributed by atoms with Gasteiger partial charge in [-0.2, -0.15) is 5.10 Å². The van der Waals surface area contributed by atoms with E-state index in [9.17, 15) is 4.79 Å². The van der Waals surface area contributed by atoms with Gasteiger partial charge in [-0.05, 0) is 65.3 Å². The van der Waals surface area contributed by atoms with E-state index in [4.69, 9.17) is 0 Å². The van der Waals surface area contributed by atoms with E-state index in [2.05, 4.69) is 26.4 Å². The minimum atomic E-state index is 0.148. The van der Waals surface area contributed by atoms with E-state index >= 15 is 0 Å². The number of amides is 1. The minimum Gasteiger partial charge on any atom is -0.355 e. The van der Waals surface area contributed by atoms with Crippen LogP contribution in [-0.2, 0) is 11.3 Å². The molecule has 2 heterocycles. The maximum atomic E-state index is 12.3. The molecule has 1 aromatic rings. The summed E-state index contributed by atoms with van der Waals surface area (Å²) in [4.78, 5) is 19.0. The number of allylic oxidation sites excluding steroid dienone is 1. The van der Waals surface area contributed by atoms with Crippen molar-refractivity contribution in [3.05, 3.63) is 23.3 Å². The fraction of sp³-hybridized carbons (Fsp3) is 0.737. The van der Waals surface area contributed by atoms with Crippen LogP contribution in [-0.4, -0.2) is 51.2 Å². The number of aromatic nitrogens is 3. The van der Waals surface area contributed by atoms with Crippen molar-refractivity contribution in [1.29, 1.82) is 0 Å². The lowest BCUT2D eigenvalue weighted by Gasteiger charge is -2.24. The Morgan fingerprint density at radius 3 is 2.92 bits per heavy atom. The van der Waals surface area contributed by atoms with Crippen LogP contribution >= 0.6 is 0 Å². The fourth-order valence-corrected chi connectivity index (χ4v) is 3.98. The van der Waals surface area contributed by atoms with Crippen molar-refractivity contribution < 1.29 is 4.79 Å². The van der Waals surface area contributed by atoms with Crippen LogP contribution in [0.15, 0.2) is 11.6 Å². The highest BCUT2D eigenvalue weighted by molar-refractivity contribution is 5.78. The number of carbonyl (C=O) groups excluding carboxylic acids is 1. The summed E-state index contributed by atoms with van der Waals surface area (Å²) in [6, 6.07) is 0.381. The van der Waals surface area contributed by atoms with Crippen molar-refractivity contribution in [2.45, 2.75) is 71.4 Å². The second-order valence-electron chi connectivity index (χ2n) is 7.36. The molecule has 1 aromatic heterocycles. The third-order valence-corrected chi connectivity index (χ3v) is 5.35. The van der Waals surface area contributed by atoms with Crippen molar-refractivity contribution in [3.8, 4) is 0 Å². The lowest BCUT2D eigenvalue weighted by molar-refractivity contribution is -0.122. The first-order chi connectivity index (χ1) is 12.1. The molecule has 6 nitrogen and oxygen atoms in total. The van der Waals surface area contributed by atoms with Gasteiger partial charge in [0.25, 0.3) is 0 Å². The van der Waals surface area contributed by atoms with Gasteiger partial charge in [0.1, 0.15) is 11.6 Å². The van der Waals surface area contributed by atoms with Crippen LogP contribution in [0.4, 0.5) is 0 Å². The Balaban J connectivity index is 1.43. The molecule has 0 spiro atoms. The second kappa shape index (κ2) is 8.61. The summed E-state index contributed by atoms with van der Waals surface area (Å²) in [5, 5.41) is 7.56. The lowest BCUT2D eigenvalue weighted by atomic mass is 9.97. The summed E-state index contributed by atoms with van der Waals surface area (Å²) in [7, 11) is 0. The Kier molecular flexibility index (Phi) is 6.24. The molecule has 1 saturated heterocycles. The molecule has 1 aliphatic carbocycles. The van der Waals surface area contributed by atoms with E-state index in [1.807, 2.05) is 18.5 Å².